The molecule has 0 bridgehead atoms. The van der Waals surface area contributed by atoms with Crippen LogP contribution in [0.2, 0.25) is 0 Å². The summed E-state index contributed by atoms with van der Waals surface area (Å²) in [7, 11) is 0. The third-order valence-corrected chi connectivity index (χ3v) is 16.2. The summed E-state index contributed by atoms with van der Waals surface area (Å²) in [6.07, 6.45) is -2.33. The van der Waals surface area contributed by atoms with Crippen molar-refractivity contribution in [1.82, 2.24) is 0 Å². The molecule has 0 atom stereocenters. The van der Waals surface area contributed by atoms with Crippen LogP contribution in [-0.4, -0.2) is 27.9 Å². The summed E-state index contributed by atoms with van der Waals surface area (Å²) < 4.78 is 4.67. The van der Waals surface area contributed by atoms with Gasteiger partial charge in [-0.05, 0) is 6.16 Å². The van der Waals surface area contributed by atoms with Gasteiger partial charge in [-0.1, -0.05) is 0 Å². The van der Waals surface area contributed by atoms with E-state index in [9.17, 15) is 0 Å². The van der Waals surface area contributed by atoms with Gasteiger partial charge in [0, 0.05) is 0 Å². The molecule has 4 heteroatoms. The molecule has 0 radical (unpaired) electrons. The molecule has 0 spiro atoms. The van der Waals surface area contributed by atoms with E-state index in [1.165, 1.54) is 32.3 Å². The van der Waals surface area contributed by atoms with Gasteiger partial charge in [0.1, 0.15) is 0 Å². The maximum atomic E-state index is 8.33. The number of fused-ring (bicyclic) bond motifs is 3. The molecule has 170 valence electrons. The van der Waals surface area contributed by atoms with Crippen LogP contribution in [0.1, 0.15) is 0 Å². The van der Waals surface area contributed by atoms with Crippen LogP contribution < -0.4 is 20.0 Å². The van der Waals surface area contributed by atoms with Crippen molar-refractivity contribution in [3.05, 3.63) is 127 Å². The summed E-state index contributed by atoms with van der Waals surface area (Å²) in [5, 5.41) is 24.9. The second-order valence-electron chi connectivity index (χ2n) is 8.08. The van der Waals surface area contributed by atoms with Crippen molar-refractivity contribution >= 4 is 70.0 Å². The second kappa shape index (κ2) is 10.3. The molecule has 0 saturated heterocycles. The van der Waals surface area contributed by atoms with Crippen LogP contribution in [0.5, 0.6) is 0 Å². The first-order valence-electron chi connectivity index (χ1n) is 11.2. The van der Waals surface area contributed by atoms with E-state index in [4.69, 9.17) is 15.0 Å². The van der Waals surface area contributed by atoms with E-state index >= 15 is 0 Å². The Labute approximate surface area is 211 Å². The monoisotopic (exact) mass is 650 g/mol. The van der Waals surface area contributed by atoms with Gasteiger partial charge in [0.25, 0.3) is 0 Å². The SMILES string of the molecule is O=C([O-])[O-].c1ccc2[c]([Bi]([c]3cccc4ccccc34)[c]3cccc4ccccc34)cccc2c1. The first-order chi connectivity index (χ1) is 17.1. The van der Waals surface area contributed by atoms with E-state index in [2.05, 4.69) is 127 Å². The Kier molecular flexibility index (Phi) is 6.74. The number of carbonyl (C=O) groups excluding carboxylic acids is 1. The Morgan fingerprint density at radius 1 is 0.429 bits per heavy atom. The molecular formula is C31H21BiO3-2. The fraction of sp³-hybridized carbons (Fsp3) is 0. The first-order valence-corrected chi connectivity index (χ1v) is 16.5. The first kappa shape index (κ1) is 23.0. The average Bonchev–Trinajstić information content (AvgIpc) is 2.89. The van der Waals surface area contributed by atoms with Gasteiger partial charge in [0.2, 0.25) is 0 Å². The number of rotatable bonds is 3. The topological polar surface area (TPSA) is 63.2 Å². The number of benzene rings is 6. The summed E-state index contributed by atoms with van der Waals surface area (Å²) in [6, 6.07) is 47.3. The van der Waals surface area contributed by atoms with E-state index in [0.717, 1.165) is 0 Å². The quantitative estimate of drug-likeness (QED) is 0.277. The summed E-state index contributed by atoms with van der Waals surface area (Å²) in [4.78, 5) is 8.33. The number of carboxylic acid groups (broad SMARTS) is 2. The van der Waals surface area contributed by atoms with Gasteiger partial charge in [0.15, 0.2) is 0 Å². The maximum absolute atomic E-state index is 8.33. The van der Waals surface area contributed by atoms with Crippen molar-refractivity contribution in [3.8, 4) is 0 Å². The molecule has 6 rings (SSSR count). The Bertz CT molecular complexity index is 1450. The fourth-order valence-corrected chi connectivity index (χ4v) is 15.6. The Balaban J connectivity index is 0.000000591. The van der Waals surface area contributed by atoms with Crippen molar-refractivity contribution in [2.75, 3.05) is 0 Å². The molecule has 0 fully saturated rings. The van der Waals surface area contributed by atoms with Gasteiger partial charge in [-0.25, -0.2) is 0 Å². The minimum absolute atomic E-state index is 1.33. The van der Waals surface area contributed by atoms with Crippen molar-refractivity contribution in [2.24, 2.45) is 0 Å². The molecule has 6 aromatic rings. The second-order valence-corrected chi connectivity index (χ2v) is 16.3. The van der Waals surface area contributed by atoms with Crippen molar-refractivity contribution in [1.29, 1.82) is 0 Å². The summed E-state index contributed by atoms with van der Waals surface area (Å²) in [5.74, 6) is 0. The van der Waals surface area contributed by atoms with E-state index in [1.807, 2.05) is 0 Å². The predicted octanol–water partition coefficient (Wildman–Crippen LogP) is 3.22. The molecule has 0 saturated carbocycles. The molecule has 35 heavy (non-hydrogen) atoms. The molecule has 0 aliphatic carbocycles. The predicted molar refractivity (Wildman–Crippen MR) is 142 cm³/mol. The summed E-state index contributed by atoms with van der Waals surface area (Å²) in [6.45, 7) is 0. The van der Waals surface area contributed by atoms with Crippen LogP contribution in [-0.2, 0) is 0 Å². The molecule has 0 amide bonds. The summed E-state index contributed by atoms with van der Waals surface area (Å²) >= 11 is -2.65. The van der Waals surface area contributed by atoms with Crippen LogP contribution in [0.4, 0.5) is 4.79 Å². The van der Waals surface area contributed by atoms with Gasteiger partial charge >= 0.3 is 191 Å². The summed E-state index contributed by atoms with van der Waals surface area (Å²) in [5.41, 5.74) is 0. The standard InChI is InChI=1S/3C10H7.CH2O3.Bi/c3*1-2-6-10-8-4-3-7-9(10)5-1;2-1(3)4;/h3*1-7H;(H2,2,3,4);/p-2. The van der Waals surface area contributed by atoms with Gasteiger partial charge in [-0.3, -0.25) is 0 Å². The molecule has 0 heterocycles. The van der Waals surface area contributed by atoms with Crippen molar-refractivity contribution in [2.45, 2.75) is 0 Å². The van der Waals surface area contributed by atoms with Gasteiger partial charge in [0.05, 0.1) is 0 Å². The molecule has 0 aliphatic rings. The van der Waals surface area contributed by atoms with Crippen LogP contribution in [0.25, 0.3) is 32.3 Å². The van der Waals surface area contributed by atoms with Gasteiger partial charge in [-0.15, -0.1) is 0 Å². The van der Waals surface area contributed by atoms with Crippen LogP contribution in [0.3, 0.4) is 0 Å². The normalized spacial score (nSPS) is 10.9. The molecule has 0 aliphatic heterocycles. The van der Waals surface area contributed by atoms with Crippen molar-refractivity contribution in [3.63, 3.8) is 0 Å². The number of carbonyl (C=O) groups is 1. The van der Waals surface area contributed by atoms with E-state index in [0.29, 0.717) is 0 Å². The molecule has 6 aromatic carbocycles. The van der Waals surface area contributed by atoms with Gasteiger partial charge < -0.3 is 15.0 Å². The number of hydrogen-bond donors (Lipinski definition) is 0. The third-order valence-electron chi connectivity index (χ3n) is 6.02. The van der Waals surface area contributed by atoms with E-state index in [1.54, 1.807) is 9.81 Å². The van der Waals surface area contributed by atoms with Crippen LogP contribution >= 0.6 is 0 Å². The average molecular weight is 650 g/mol. The zero-order valence-electron chi connectivity index (χ0n) is 18.8. The molecule has 0 N–H and O–H groups in total. The Morgan fingerprint density at radius 3 is 1.00 bits per heavy atom. The Hall–Kier alpha value is -3.75. The van der Waals surface area contributed by atoms with Crippen LogP contribution in [0, 0.1) is 0 Å². The van der Waals surface area contributed by atoms with E-state index in [-0.39, 0.29) is 0 Å². The van der Waals surface area contributed by atoms with Gasteiger partial charge in [-0.2, -0.15) is 0 Å². The van der Waals surface area contributed by atoms with Crippen molar-refractivity contribution < 1.29 is 15.0 Å². The van der Waals surface area contributed by atoms with Crippen LogP contribution in [0.15, 0.2) is 127 Å². The zero-order chi connectivity index (χ0) is 24.2. The third kappa shape index (κ3) is 4.76. The van der Waals surface area contributed by atoms with E-state index < -0.39 is 27.9 Å². The molecular weight excluding hydrogens is 629 g/mol. The Morgan fingerprint density at radius 2 is 0.686 bits per heavy atom. The molecule has 0 unspecified atom stereocenters. The molecule has 0 aromatic heterocycles. The fourth-order valence-electron chi connectivity index (χ4n) is 4.60. The minimum atomic E-state index is -2.65. The number of hydrogen-bond acceptors (Lipinski definition) is 3. The molecule has 3 nitrogen and oxygen atoms in total. The zero-order valence-corrected chi connectivity index (χ0v) is 22.3.